The van der Waals surface area contributed by atoms with Gasteiger partial charge in [0.2, 0.25) is 0 Å². The van der Waals surface area contributed by atoms with E-state index in [4.69, 9.17) is 6.85 Å². The van der Waals surface area contributed by atoms with E-state index >= 15 is 0 Å². The van der Waals surface area contributed by atoms with Gasteiger partial charge in [0.05, 0.1) is 56.6 Å². The molecule has 2 aliphatic heterocycles. The van der Waals surface area contributed by atoms with Gasteiger partial charge in [0.1, 0.15) is 0 Å². The Kier molecular flexibility index (Phi) is 10.4. The zero-order chi connectivity index (χ0) is 80.7. The van der Waals surface area contributed by atoms with Gasteiger partial charge in [0.15, 0.2) is 0 Å². The molecule has 0 radical (unpaired) electrons. The van der Waals surface area contributed by atoms with E-state index in [1.54, 1.807) is 4.57 Å². The highest BCUT2D eigenvalue weighted by Gasteiger charge is 2.45. The minimum atomic E-state index is -0.774. The summed E-state index contributed by atoms with van der Waals surface area (Å²) in [5.74, 6) is 0. The third-order valence-electron chi connectivity index (χ3n) is 22.0. The molecule has 6 heteroatoms. The largest absolute Gasteiger partial charge is 0.355 e. The highest BCUT2D eigenvalue weighted by molar-refractivity contribution is 7.00. The van der Waals surface area contributed by atoms with Crippen LogP contribution >= 0.6 is 0 Å². The molecule has 0 bridgehead atoms. The maximum atomic E-state index is 9.97. The van der Waals surface area contributed by atoms with Gasteiger partial charge >= 0.3 is 0 Å². The van der Waals surface area contributed by atoms with Crippen LogP contribution in [-0.2, 0) is 10.8 Å². The molecule has 19 aromatic rings. The van der Waals surface area contributed by atoms with E-state index in [0.29, 0.717) is 16.9 Å². The minimum Gasteiger partial charge on any atom is -0.355 e. The SMILES string of the molecule is [2H]c1c([2H])c([2H])c(-c2ccc3c(c2)N(c2ccc(-c4ccccc4)cc2)c2c4c(cc5c2c2cccc6c7ccccc7c7ccccc7c7ccccc7n5c62)-n2c5ccc(Nc6ccc(C(C)(C)C)cc6-c6cccc(C(C)(C)C)c6)cc5c5cc(-n6c7c([2H])c([2H])c([2H])c([2H])c7c7c([2H])c([2H])c([2H])c([2H])c76)cc(c52)B34)c([2H])c1[2H]. The summed E-state index contributed by atoms with van der Waals surface area (Å²) < 4.78 is 129. The number of nitrogens with zero attached hydrogens (tertiary/aromatic N) is 4. The van der Waals surface area contributed by atoms with Crippen molar-refractivity contribution in [1.82, 2.24) is 13.5 Å². The summed E-state index contributed by atoms with van der Waals surface area (Å²) >= 11 is 0. The number of para-hydroxylation sites is 4. The first kappa shape index (κ1) is 48.2. The second-order valence-corrected chi connectivity index (χ2v) is 29.9. The fourth-order valence-corrected chi connectivity index (χ4v) is 17.2. The first-order valence-electron chi connectivity index (χ1n) is 42.0. The molecule has 104 heavy (non-hydrogen) atoms. The number of hydrogen-bond donors (Lipinski definition) is 1. The summed E-state index contributed by atoms with van der Waals surface area (Å²) in [5.41, 5.74) is 18.2. The molecule has 0 aliphatic carbocycles. The van der Waals surface area contributed by atoms with Crippen molar-refractivity contribution in [2.45, 2.75) is 52.4 Å². The van der Waals surface area contributed by atoms with E-state index in [1.807, 2.05) is 48.5 Å². The van der Waals surface area contributed by atoms with Crippen LogP contribution in [0.2, 0.25) is 0 Å². The molecule has 0 unspecified atom stereocenters. The standard InChI is InChI=1S/C98H72BN5/c1-97(2,3)65-30-23-29-64(53-65)79-55-66(98(4,5)6)46-51-84(79)100-67-47-52-88-80(56-67)81-57-69(101-85-40-20-18-36-75(85)76-37-19-21-41-86(76)101)58-83-95(81)104(88)91-59-90-92(78-39-24-38-77-73-34-16-14-32-71(73)70-31-13-15-33-72(70)74-35-17-22-42-87(74)103(90)94(77)78)96-93(91)99(83)82-50-45-63(61-27-11-8-12-28-61)54-89(82)102(96)68-48-43-62(44-49-68)60-25-9-7-10-26-60/h7-59,100H,1-6H3/i8D,11D,12D,18D,19D,20D,21D,27D,28D,36D,37D,40D,41D. The molecule has 1 N–H and O–H groups in total. The molecule has 0 saturated heterocycles. The number of aromatic nitrogens is 3. The van der Waals surface area contributed by atoms with E-state index in [0.717, 1.165) is 154 Å². The molecule has 0 spiro atoms. The van der Waals surface area contributed by atoms with Gasteiger partial charge in [0.25, 0.3) is 6.71 Å². The van der Waals surface area contributed by atoms with Crippen LogP contribution < -0.4 is 26.6 Å². The normalized spacial score (nSPS) is 14.6. The zero-order valence-electron chi connectivity index (χ0n) is 71.0. The van der Waals surface area contributed by atoms with Gasteiger partial charge in [-0.25, -0.2) is 0 Å². The minimum absolute atomic E-state index is 0.0212. The van der Waals surface area contributed by atoms with Crippen LogP contribution in [0.15, 0.2) is 321 Å². The Balaban J connectivity index is 0.972. The van der Waals surface area contributed by atoms with Gasteiger partial charge in [-0.15, -0.1) is 0 Å². The summed E-state index contributed by atoms with van der Waals surface area (Å²) in [5, 5.41) is 13.4. The second-order valence-electron chi connectivity index (χ2n) is 29.9. The van der Waals surface area contributed by atoms with Crippen LogP contribution in [0.3, 0.4) is 0 Å². The molecule has 0 fully saturated rings. The van der Waals surface area contributed by atoms with E-state index in [9.17, 15) is 11.0 Å². The average molecular weight is 1340 g/mol. The van der Waals surface area contributed by atoms with E-state index in [-0.39, 0.29) is 50.3 Å². The van der Waals surface area contributed by atoms with Gasteiger partial charge in [-0.05, 0) is 173 Å². The topological polar surface area (TPSA) is 29.5 Å². The predicted octanol–water partition coefficient (Wildman–Crippen LogP) is 24.4. The smallest absolute Gasteiger partial charge is 0.252 e. The van der Waals surface area contributed by atoms with Crippen molar-refractivity contribution in [2.75, 3.05) is 10.2 Å². The Morgan fingerprint density at radius 2 is 0.942 bits per heavy atom. The molecule has 2 aliphatic rings. The second kappa shape index (κ2) is 22.4. The molecule has 6 heterocycles. The number of benzene rings is 15. The first-order valence-corrected chi connectivity index (χ1v) is 35.5. The number of fused-ring (bicyclic) bond motifs is 21. The van der Waals surface area contributed by atoms with Crippen molar-refractivity contribution in [2.24, 2.45) is 0 Å². The van der Waals surface area contributed by atoms with Crippen LogP contribution in [0, 0.1) is 0 Å². The molecule has 5 nitrogen and oxygen atoms in total. The van der Waals surface area contributed by atoms with Crippen LogP contribution in [0.25, 0.3) is 148 Å². The zero-order valence-corrected chi connectivity index (χ0v) is 58.0. The number of hydrogen-bond acceptors (Lipinski definition) is 2. The van der Waals surface area contributed by atoms with Crippen molar-refractivity contribution in [3.63, 3.8) is 0 Å². The van der Waals surface area contributed by atoms with Gasteiger partial charge in [0, 0.05) is 88.3 Å². The van der Waals surface area contributed by atoms with Gasteiger partial charge in [-0.3, -0.25) is 0 Å². The Hall–Kier alpha value is -12.6. The highest BCUT2D eigenvalue weighted by Crippen LogP contribution is 2.51. The molecular formula is C98H72BN5. The summed E-state index contributed by atoms with van der Waals surface area (Å²) in [6.45, 7) is 12.6. The van der Waals surface area contributed by atoms with Crippen LogP contribution in [0.5, 0.6) is 0 Å². The van der Waals surface area contributed by atoms with Crippen molar-refractivity contribution in [3.05, 3.63) is 332 Å². The summed E-state index contributed by atoms with van der Waals surface area (Å²) in [6.07, 6.45) is 0. The Morgan fingerprint density at radius 3 is 1.67 bits per heavy atom. The van der Waals surface area contributed by atoms with E-state index < -0.39 is 73.2 Å². The number of nitrogens with one attached hydrogen (secondary N) is 1. The Morgan fingerprint density at radius 1 is 0.337 bits per heavy atom. The molecule has 21 rings (SSSR count). The summed E-state index contributed by atoms with van der Waals surface area (Å²) in [4.78, 5) is 2.30. The highest BCUT2D eigenvalue weighted by atomic mass is 15.2. The maximum Gasteiger partial charge on any atom is 0.252 e. The number of anilines is 5. The molecule has 0 saturated carbocycles. The van der Waals surface area contributed by atoms with Crippen LogP contribution in [0.4, 0.5) is 28.4 Å². The fourth-order valence-electron chi connectivity index (χ4n) is 17.2. The van der Waals surface area contributed by atoms with Crippen LogP contribution in [0.1, 0.15) is 70.5 Å². The lowest BCUT2D eigenvalue weighted by molar-refractivity contribution is 0.589. The van der Waals surface area contributed by atoms with Gasteiger partial charge in [-0.2, -0.15) is 0 Å². The Bertz CT molecular complexity index is 7640. The van der Waals surface area contributed by atoms with Crippen molar-refractivity contribution in [3.8, 4) is 44.8 Å². The lowest BCUT2D eigenvalue weighted by Crippen LogP contribution is -2.60. The predicted molar refractivity (Wildman–Crippen MR) is 445 cm³/mol. The van der Waals surface area contributed by atoms with Crippen molar-refractivity contribution in [1.29, 1.82) is 0 Å². The monoisotopic (exact) mass is 1340 g/mol. The molecule has 0 amide bonds. The lowest BCUT2D eigenvalue weighted by Gasteiger charge is -2.41. The van der Waals surface area contributed by atoms with Crippen LogP contribution in [-0.4, -0.2) is 20.2 Å². The molecule has 4 aromatic heterocycles. The summed E-state index contributed by atoms with van der Waals surface area (Å²) in [6, 6.07) is 79.0. The quantitative estimate of drug-likeness (QED) is 0.161. The van der Waals surface area contributed by atoms with Gasteiger partial charge in [-0.1, -0.05) is 278 Å². The first-order chi connectivity index (χ1) is 56.3. The maximum absolute atomic E-state index is 9.97. The lowest BCUT2D eigenvalue weighted by atomic mass is 9.33. The Labute approximate surface area is 622 Å². The summed E-state index contributed by atoms with van der Waals surface area (Å²) in [7, 11) is 0. The van der Waals surface area contributed by atoms with Crippen molar-refractivity contribution >= 4 is 155 Å². The van der Waals surface area contributed by atoms with Crippen molar-refractivity contribution < 1.29 is 17.8 Å². The molecule has 0 atom stereocenters. The molecule has 492 valence electrons. The van der Waals surface area contributed by atoms with E-state index in [2.05, 4.69) is 255 Å². The fraction of sp³-hybridized carbons (Fsp3) is 0.0816. The number of rotatable bonds is 7. The average Bonchev–Trinajstić information content (AvgIpc) is 1.56. The van der Waals surface area contributed by atoms with E-state index in [1.165, 1.54) is 5.56 Å². The third-order valence-corrected chi connectivity index (χ3v) is 22.0. The third kappa shape index (κ3) is 8.94. The van der Waals surface area contributed by atoms with Gasteiger partial charge < -0.3 is 23.8 Å². The molecular weight excluding hydrogens is 1260 g/mol. The molecule has 15 aromatic carbocycles.